The molecule has 0 aromatic carbocycles. The minimum Gasteiger partial charge on any atom is -0.465 e. The van der Waals surface area contributed by atoms with Gasteiger partial charge in [-0.25, -0.2) is 14.8 Å². The molecule has 1 aliphatic rings. The van der Waals surface area contributed by atoms with Crippen LogP contribution in [0, 0.1) is 20.8 Å². The number of rotatable bonds is 6. The zero-order valence-electron chi connectivity index (χ0n) is 19.6. The highest BCUT2D eigenvalue weighted by molar-refractivity contribution is 6.03. The van der Waals surface area contributed by atoms with E-state index in [1.165, 1.54) is 7.11 Å². The Morgan fingerprint density at radius 2 is 1.71 bits per heavy atom. The maximum atomic E-state index is 13.2. The van der Waals surface area contributed by atoms with Crippen LogP contribution in [-0.2, 0) is 4.74 Å². The van der Waals surface area contributed by atoms with E-state index in [2.05, 4.69) is 33.6 Å². The van der Waals surface area contributed by atoms with Crippen molar-refractivity contribution in [3.63, 3.8) is 0 Å². The number of piperazine rings is 1. The van der Waals surface area contributed by atoms with Gasteiger partial charge in [0.05, 0.1) is 24.4 Å². The Labute approximate surface area is 184 Å². The van der Waals surface area contributed by atoms with Gasteiger partial charge < -0.3 is 14.6 Å². The van der Waals surface area contributed by atoms with Crippen molar-refractivity contribution in [3.05, 3.63) is 40.1 Å². The van der Waals surface area contributed by atoms with Crippen molar-refractivity contribution in [3.8, 4) is 0 Å². The number of nitrogens with zero attached hydrogens (tertiary/aromatic N) is 4. The fourth-order valence-electron chi connectivity index (χ4n) is 4.11. The summed E-state index contributed by atoms with van der Waals surface area (Å²) >= 11 is 0. The van der Waals surface area contributed by atoms with Crippen molar-refractivity contribution in [1.29, 1.82) is 0 Å². The lowest BCUT2D eigenvalue weighted by molar-refractivity contribution is 0.0599. The number of nitrogens with one attached hydrogen (secondary N) is 1. The van der Waals surface area contributed by atoms with E-state index in [0.29, 0.717) is 22.5 Å². The van der Waals surface area contributed by atoms with Crippen LogP contribution in [-0.4, -0.2) is 70.9 Å². The van der Waals surface area contributed by atoms with Crippen LogP contribution in [0.5, 0.6) is 0 Å². The van der Waals surface area contributed by atoms with E-state index < -0.39 is 5.97 Å². The molecule has 1 unspecified atom stereocenters. The molecule has 31 heavy (non-hydrogen) atoms. The normalized spacial score (nSPS) is 15.9. The van der Waals surface area contributed by atoms with Crippen LogP contribution in [0.3, 0.4) is 0 Å². The molecule has 8 heteroatoms. The van der Waals surface area contributed by atoms with Gasteiger partial charge in [-0.3, -0.25) is 9.69 Å². The molecule has 1 aliphatic heterocycles. The number of ether oxygens (including phenoxy) is 1. The predicted molar refractivity (Wildman–Crippen MR) is 120 cm³/mol. The molecule has 3 heterocycles. The van der Waals surface area contributed by atoms with Gasteiger partial charge in [0.25, 0.3) is 0 Å². The maximum absolute atomic E-state index is 13.2. The van der Waals surface area contributed by atoms with Crippen LogP contribution >= 0.6 is 0 Å². The molecule has 1 atom stereocenters. The highest BCUT2D eigenvalue weighted by Gasteiger charge is 2.30. The van der Waals surface area contributed by atoms with E-state index in [9.17, 15) is 9.59 Å². The van der Waals surface area contributed by atoms with Crippen molar-refractivity contribution in [2.75, 3.05) is 38.2 Å². The summed E-state index contributed by atoms with van der Waals surface area (Å²) in [5.74, 6) is 1.66. The van der Waals surface area contributed by atoms with Crippen molar-refractivity contribution in [2.24, 2.45) is 0 Å². The second-order valence-corrected chi connectivity index (χ2v) is 8.56. The van der Waals surface area contributed by atoms with Crippen molar-refractivity contribution in [1.82, 2.24) is 19.9 Å². The van der Waals surface area contributed by atoms with Gasteiger partial charge in [0, 0.05) is 49.6 Å². The topological polar surface area (TPSA) is 91.4 Å². The Hall–Kier alpha value is -2.74. The Bertz CT molecular complexity index is 974. The standard InChI is InChI=1S/C23H33N5O3/c1-13(2)22-24-14(3)12-18(26-22)28-10-8-27(9-11-28)17(6)21(29)20-15(4)19(16(5)25-20)23(30)31-7/h12-13,17,25H,8-11H2,1-7H3. The number of anilines is 1. The van der Waals surface area contributed by atoms with Gasteiger partial charge in [0.15, 0.2) is 5.78 Å². The molecular weight excluding hydrogens is 394 g/mol. The zero-order chi connectivity index (χ0) is 22.9. The average Bonchev–Trinajstić information content (AvgIpc) is 3.05. The Balaban J connectivity index is 1.70. The first-order valence-electron chi connectivity index (χ1n) is 10.8. The third kappa shape index (κ3) is 4.63. The molecule has 0 spiro atoms. The molecule has 0 aliphatic carbocycles. The number of aromatic amines is 1. The lowest BCUT2D eigenvalue weighted by atomic mass is 10.0. The Morgan fingerprint density at radius 1 is 1.06 bits per heavy atom. The van der Waals surface area contributed by atoms with Crippen molar-refractivity contribution < 1.29 is 14.3 Å². The molecule has 2 aromatic rings. The largest absolute Gasteiger partial charge is 0.465 e. The summed E-state index contributed by atoms with van der Waals surface area (Å²) in [5, 5.41) is 0. The van der Waals surface area contributed by atoms with Gasteiger partial charge in [-0.05, 0) is 33.3 Å². The van der Waals surface area contributed by atoms with Crippen LogP contribution in [0.2, 0.25) is 0 Å². The summed E-state index contributed by atoms with van der Waals surface area (Å²) in [5.41, 5.74) is 3.21. The third-order valence-electron chi connectivity index (χ3n) is 6.01. The maximum Gasteiger partial charge on any atom is 0.339 e. The van der Waals surface area contributed by atoms with E-state index >= 15 is 0 Å². The first-order valence-corrected chi connectivity index (χ1v) is 10.8. The number of carbonyl (C=O) groups is 2. The van der Waals surface area contributed by atoms with E-state index in [0.717, 1.165) is 43.5 Å². The first-order chi connectivity index (χ1) is 14.6. The van der Waals surface area contributed by atoms with Crippen LogP contribution in [0.4, 0.5) is 5.82 Å². The van der Waals surface area contributed by atoms with E-state index in [1.807, 2.05) is 19.9 Å². The molecule has 0 amide bonds. The Morgan fingerprint density at radius 3 is 2.29 bits per heavy atom. The molecule has 168 valence electrons. The monoisotopic (exact) mass is 427 g/mol. The minimum atomic E-state index is -0.424. The van der Waals surface area contributed by atoms with Gasteiger partial charge in [0.2, 0.25) is 0 Å². The quantitative estimate of drug-likeness (QED) is 0.560. The molecule has 1 fully saturated rings. The molecular formula is C23H33N5O3. The van der Waals surface area contributed by atoms with Crippen LogP contribution < -0.4 is 4.90 Å². The summed E-state index contributed by atoms with van der Waals surface area (Å²) in [7, 11) is 1.35. The molecule has 0 radical (unpaired) electrons. The molecule has 8 nitrogen and oxygen atoms in total. The summed E-state index contributed by atoms with van der Waals surface area (Å²) in [6, 6.07) is 1.73. The van der Waals surface area contributed by atoms with Gasteiger partial charge in [0.1, 0.15) is 11.6 Å². The fourth-order valence-corrected chi connectivity index (χ4v) is 4.11. The molecule has 0 bridgehead atoms. The summed E-state index contributed by atoms with van der Waals surface area (Å²) < 4.78 is 4.86. The van der Waals surface area contributed by atoms with Gasteiger partial charge in [-0.1, -0.05) is 13.8 Å². The summed E-state index contributed by atoms with van der Waals surface area (Å²) in [6.45, 7) is 14.8. The number of hydrogen-bond acceptors (Lipinski definition) is 7. The molecule has 3 rings (SSSR count). The van der Waals surface area contributed by atoms with Crippen LogP contribution in [0.25, 0.3) is 0 Å². The third-order valence-corrected chi connectivity index (χ3v) is 6.01. The number of hydrogen-bond donors (Lipinski definition) is 1. The number of ketones is 1. The van der Waals surface area contributed by atoms with Crippen LogP contribution in [0.15, 0.2) is 6.07 Å². The number of carbonyl (C=O) groups excluding carboxylic acids is 2. The number of H-pyrrole nitrogens is 1. The van der Waals surface area contributed by atoms with Crippen molar-refractivity contribution >= 4 is 17.6 Å². The van der Waals surface area contributed by atoms with Crippen LogP contribution in [0.1, 0.15) is 70.3 Å². The second-order valence-electron chi connectivity index (χ2n) is 8.56. The summed E-state index contributed by atoms with van der Waals surface area (Å²) in [6.07, 6.45) is 0. The average molecular weight is 428 g/mol. The Kier molecular flexibility index (Phi) is 6.79. The number of aryl methyl sites for hydroxylation is 2. The number of Topliss-reactive ketones (excluding diaryl/α,β-unsaturated/α-hetero) is 1. The molecule has 2 aromatic heterocycles. The highest BCUT2D eigenvalue weighted by Crippen LogP contribution is 2.23. The highest BCUT2D eigenvalue weighted by atomic mass is 16.5. The van der Waals surface area contributed by atoms with Gasteiger partial charge in [-0.15, -0.1) is 0 Å². The molecule has 1 saturated heterocycles. The van der Waals surface area contributed by atoms with E-state index in [1.54, 1.807) is 13.8 Å². The van der Waals surface area contributed by atoms with Crippen molar-refractivity contribution in [2.45, 2.75) is 53.5 Å². The lowest BCUT2D eigenvalue weighted by Gasteiger charge is -2.38. The SMILES string of the molecule is COC(=O)c1c(C)[nH]c(C(=O)C(C)N2CCN(c3cc(C)nc(C(C)C)n3)CC2)c1C. The number of methoxy groups -OCH3 is 1. The summed E-state index contributed by atoms with van der Waals surface area (Å²) in [4.78, 5) is 42.1. The number of esters is 1. The molecule has 0 saturated carbocycles. The zero-order valence-corrected chi connectivity index (χ0v) is 19.6. The van der Waals surface area contributed by atoms with Gasteiger partial charge >= 0.3 is 5.97 Å². The smallest absolute Gasteiger partial charge is 0.339 e. The number of aromatic nitrogens is 3. The van der Waals surface area contributed by atoms with Gasteiger partial charge in [-0.2, -0.15) is 0 Å². The first kappa shape index (κ1) is 22.9. The fraction of sp³-hybridized carbons (Fsp3) is 0.565. The lowest BCUT2D eigenvalue weighted by Crippen LogP contribution is -2.52. The molecule has 1 N–H and O–H groups in total. The van der Waals surface area contributed by atoms with E-state index in [4.69, 9.17) is 9.72 Å². The second kappa shape index (κ2) is 9.18. The predicted octanol–water partition coefficient (Wildman–Crippen LogP) is 3.03. The van der Waals surface area contributed by atoms with E-state index in [-0.39, 0.29) is 17.7 Å². The minimum absolute atomic E-state index is 0.0100.